The maximum Gasteiger partial charge on any atom is 0.410 e. The Balaban J connectivity index is 4.48. The molecule has 0 bridgehead atoms. The average Bonchev–Trinajstić information content (AvgIpc) is 1.82. The minimum absolute atomic E-state index is 0.264. The Kier molecular flexibility index (Phi) is 3.36. The van der Waals surface area contributed by atoms with Gasteiger partial charge in [0.25, 0.3) is 0 Å². The normalized spacial score (nSPS) is 15.5. The Morgan fingerprint density at radius 1 is 1.09 bits per heavy atom. The van der Waals surface area contributed by atoms with Gasteiger partial charge in [-0.15, -0.1) is 0 Å². The first-order valence-electron chi connectivity index (χ1n) is 3.26. The van der Waals surface area contributed by atoms with Crippen LogP contribution in [0, 0.1) is 0 Å². The van der Waals surface area contributed by atoms with Gasteiger partial charge in [0, 0.05) is 6.08 Å². The van der Waals surface area contributed by atoms with Crippen LogP contribution >= 0.6 is 0 Å². The van der Waals surface area contributed by atoms with Crippen LogP contribution in [0.1, 0.15) is 20.8 Å². The monoisotopic (exact) mass is 164 g/mol. The molecule has 0 aliphatic rings. The first-order chi connectivity index (χ1) is 4.87. The lowest BCUT2D eigenvalue weighted by atomic mass is 10.1. The van der Waals surface area contributed by atoms with Gasteiger partial charge < -0.3 is 0 Å². The van der Waals surface area contributed by atoms with E-state index in [1.54, 1.807) is 19.9 Å². The molecule has 0 amide bonds. The molecule has 0 fully saturated rings. The van der Waals surface area contributed by atoms with Gasteiger partial charge in [-0.05, 0) is 26.3 Å². The van der Waals surface area contributed by atoms with Crippen molar-refractivity contribution in [3.8, 4) is 0 Å². The van der Waals surface area contributed by atoms with Gasteiger partial charge in [-0.1, -0.05) is 11.6 Å². The fourth-order valence-corrected chi connectivity index (χ4v) is 0.587. The third-order valence-corrected chi connectivity index (χ3v) is 1.44. The summed E-state index contributed by atoms with van der Waals surface area (Å²) in [4.78, 5) is 0. The summed E-state index contributed by atoms with van der Waals surface area (Å²) in [6.45, 7) is 4.81. The van der Waals surface area contributed by atoms with Crippen LogP contribution < -0.4 is 0 Å². The number of allylic oxidation sites excluding steroid dienone is 4. The molecule has 0 unspecified atom stereocenters. The number of rotatable bonds is 1. The van der Waals surface area contributed by atoms with E-state index >= 15 is 0 Å². The highest BCUT2D eigenvalue weighted by atomic mass is 19.4. The van der Waals surface area contributed by atoms with Crippen molar-refractivity contribution in [2.24, 2.45) is 0 Å². The molecule has 0 saturated heterocycles. The van der Waals surface area contributed by atoms with E-state index in [0.29, 0.717) is 11.6 Å². The molecular formula is C8H11F3. The van der Waals surface area contributed by atoms with E-state index < -0.39 is 6.18 Å². The van der Waals surface area contributed by atoms with Crippen LogP contribution in [0.4, 0.5) is 13.2 Å². The third kappa shape index (κ3) is 4.65. The minimum atomic E-state index is -4.20. The van der Waals surface area contributed by atoms with Crippen LogP contribution in [0.2, 0.25) is 0 Å². The molecule has 0 aliphatic heterocycles. The molecule has 0 spiro atoms. The summed E-state index contributed by atoms with van der Waals surface area (Å²) < 4.78 is 35.1. The molecule has 0 aromatic rings. The lowest BCUT2D eigenvalue weighted by molar-refractivity contribution is -0.0803. The average molecular weight is 164 g/mol. The van der Waals surface area contributed by atoms with Crippen LogP contribution in [0.15, 0.2) is 23.3 Å². The molecule has 0 aromatic carbocycles. The van der Waals surface area contributed by atoms with Crippen molar-refractivity contribution in [1.29, 1.82) is 0 Å². The van der Waals surface area contributed by atoms with Gasteiger partial charge in [0.1, 0.15) is 0 Å². The zero-order chi connectivity index (χ0) is 9.07. The molecule has 0 saturated carbocycles. The fourth-order valence-electron chi connectivity index (χ4n) is 0.587. The van der Waals surface area contributed by atoms with Crippen LogP contribution in [-0.4, -0.2) is 6.18 Å². The van der Waals surface area contributed by atoms with Gasteiger partial charge in [0.05, 0.1) is 0 Å². The second-order valence-electron chi connectivity index (χ2n) is 2.34. The fraction of sp³-hybridized carbons (Fsp3) is 0.500. The first-order valence-corrected chi connectivity index (χ1v) is 3.26. The number of halogens is 3. The van der Waals surface area contributed by atoms with E-state index in [1.807, 2.05) is 0 Å². The van der Waals surface area contributed by atoms with Crippen molar-refractivity contribution < 1.29 is 13.2 Å². The predicted octanol–water partition coefficient (Wildman–Crippen LogP) is 3.46. The van der Waals surface area contributed by atoms with Crippen LogP contribution in [-0.2, 0) is 0 Å². The van der Waals surface area contributed by atoms with Gasteiger partial charge in [-0.25, -0.2) is 0 Å². The molecule has 0 atom stereocenters. The SMILES string of the molecule is C/C=C(C)/C(C)=C/C(F)(F)F. The zero-order valence-electron chi connectivity index (χ0n) is 6.79. The molecule has 0 radical (unpaired) electrons. The summed E-state index contributed by atoms with van der Waals surface area (Å²) >= 11 is 0. The molecule has 64 valence electrons. The lowest BCUT2D eigenvalue weighted by Crippen LogP contribution is -2.02. The van der Waals surface area contributed by atoms with Gasteiger partial charge in [-0.2, -0.15) is 13.2 Å². The largest absolute Gasteiger partial charge is 0.410 e. The molecule has 0 nitrogen and oxygen atoms in total. The molecule has 0 rings (SSSR count). The molecule has 3 heteroatoms. The van der Waals surface area contributed by atoms with Crippen LogP contribution in [0.3, 0.4) is 0 Å². The minimum Gasteiger partial charge on any atom is -0.167 e. The zero-order valence-corrected chi connectivity index (χ0v) is 6.79. The Labute approximate surface area is 64.4 Å². The van der Waals surface area contributed by atoms with Gasteiger partial charge in [0.2, 0.25) is 0 Å². The maximum atomic E-state index is 11.7. The van der Waals surface area contributed by atoms with Crippen molar-refractivity contribution >= 4 is 0 Å². The molecule has 0 aromatic heterocycles. The molecule has 0 heterocycles. The molecular weight excluding hydrogens is 153 g/mol. The van der Waals surface area contributed by atoms with E-state index in [4.69, 9.17) is 0 Å². The highest BCUT2D eigenvalue weighted by Gasteiger charge is 2.23. The van der Waals surface area contributed by atoms with Crippen molar-refractivity contribution in [2.75, 3.05) is 0 Å². The highest BCUT2D eigenvalue weighted by molar-refractivity contribution is 5.27. The maximum absolute atomic E-state index is 11.7. The van der Waals surface area contributed by atoms with Crippen LogP contribution in [0.5, 0.6) is 0 Å². The molecule has 0 aliphatic carbocycles. The summed E-state index contributed by atoms with van der Waals surface area (Å²) in [5.41, 5.74) is 0.919. The van der Waals surface area contributed by atoms with Gasteiger partial charge in [-0.3, -0.25) is 0 Å². The summed E-state index contributed by atoms with van der Waals surface area (Å²) in [5, 5.41) is 0. The molecule has 0 N–H and O–H groups in total. The summed E-state index contributed by atoms with van der Waals surface area (Å²) in [7, 11) is 0. The van der Waals surface area contributed by atoms with E-state index in [1.165, 1.54) is 6.92 Å². The van der Waals surface area contributed by atoms with Gasteiger partial charge in [0.15, 0.2) is 0 Å². The summed E-state index contributed by atoms with van der Waals surface area (Å²) in [6.07, 6.45) is -2.24. The smallest absolute Gasteiger partial charge is 0.167 e. The Morgan fingerprint density at radius 3 is 1.82 bits per heavy atom. The van der Waals surface area contributed by atoms with Crippen molar-refractivity contribution in [3.05, 3.63) is 23.3 Å². The Morgan fingerprint density at radius 2 is 1.55 bits per heavy atom. The second-order valence-corrected chi connectivity index (χ2v) is 2.34. The van der Waals surface area contributed by atoms with E-state index in [0.717, 1.165) is 0 Å². The summed E-state index contributed by atoms with van der Waals surface area (Å²) in [6, 6.07) is 0. The topological polar surface area (TPSA) is 0 Å². The number of hydrogen-bond donors (Lipinski definition) is 0. The third-order valence-electron chi connectivity index (χ3n) is 1.44. The predicted molar refractivity (Wildman–Crippen MR) is 39.2 cm³/mol. The Bertz CT molecular complexity index is 184. The van der Waals surface area contributed by atoms with Crippen molar-refractivity contribution in [3.63, 3.8) is 0 Å². The van der Waals surface area contributed by atoms with E-state index in [9.17, 15) is 13.2 Å². The second kappa shape index (κ2) is 3.60. The van der Waals surface area contributed by atoms with Crippen molar-refractivity contribution in [2.45, 2.75) is 26.9 Å². The standard InChI is InChI=1S/C8H11F3/c1-4-6(2)7(3)5-8(9,10)11/h4-5H,1-3H3/b6-4+,7-5+. The number of alkyl halides is 3. The highest BCUT2D eigenvalue weighted by Crippen LogP contribution is 2.21. The van der Waals surface area contributed by atoms with E-state index in [2.05, 4.69) is 0 Å². The molecule has 11 heavy (non-hydrogen) atoms. The quantitative estimate of drug-likeness (QED) is 0.520. The lowest BCUT2D eigenvalue weighted by Gasteiger charge is -2.03. The van der Waals surface area contributed by atoms with Crippen LogP contribution in [0.25, 0.3) is 0 Å². The van der Waals surface area contributed by atoms with E-state index in [-0.39, 0.29) is 5.57 Å². The summed E-state index contributed by atoms with van der Waals surface area (Å²) in [5.74, 6) is 0. The Hall–Kier alpha value is -0.730. The number of hydrogen-bond acceptors (Lipinski definition) is 0. The van der Waals surface area contributed by atoms with Gasteiger partial charge >= 0.3 is 6.18 Å². The first kappa shape index (κ1) is 10.3. The van der Waals surface area contributed by atoms with Crippen molar-refractivity contribution in [1.82, 2.24) is 0 Å².